The van der Waals surface area contributed by atoms with Crippen molar-refractivity contribution in [3.05, 3.63) is 29.5 Å². The maximum Gasteiger partial charge on any atom is 0.170 e. The number of aryl methyl sites for hydroxylation is 1. The fraction of sp³-hybridized carbons (Fsp3) is 0.462. The Labute approximate surface area is 90.3 Å². The van der Waals surface area contributed by atoms with Gasteiger partial charge in [-0.3, -0.25) is 0 Å². The van der Waals surface area contributed by atoms with Gasteiger partial charge in [-0.15, -0.1) is 0 Å². The van der Waals surface area contributed by atoms with Crippen LogP contribution in [0.4, 0.5) is 0 Å². The quantitative estimate of drug-likeness (QED) is 0.752. The lowest BCUT2D eigenvalue weighted by Crippen LogP contribution is -1.93. The Morgan fingerprint density at radius 2 is 2.20 bits per heavy atom. The van der Waals surface area contributed by atoms with Crippen LogP contribution in [0.1, 0.15) is 43.9 Å². The summed E-state index contributed by atoms with van der Waals surface area (Å²) in [7, 11) is 0. The van der Waals surface area contributed by atoms with E-state index >= 15 is 0 Å². The molecule has 1 atom stereocenters. The second kappa shape index (κ2) is 4.05. The second-order valence-corrected chi connectivity index (χ2v) is 4.21. The van der Waals surface area contributed by atoms with Crippen LogP contribution in [0.25, 0.3) is 11.0 Å². The van der Waals surface area contributed by atoms with Crippen molar-refractivity contribution in [2.75, 3.05) is 0 Å². The molecule has 2 rings (SSSR count). The minimum absolute atomic E-state index is 0.484. The monoisotopic (exact) mass is 203 g/mol. The maximum absolute atomic E-state index is 5.40. The van der Waals surface area contributed by atoms with E-state index in [1.807, 2.05) is 0 Å². The van der Waals surface area contributed by atoms with Gasteiger partial charge in [-0.05, 0) is 25.0 Å². The van der Waals surface area contributed by atoms with Crippen molar-refractivity contribution in [3.63, 3.8) is 0 Å². The van der Waals surface area contributed by atoms with E-state index in [4.69, 9.17) is 4.52 Å². The molecule has 1 aromatic carbocycles. The molecule has 0 aliphatic heterocycles. The zero-order valence-electron chi connectivity index (χ0n) is 9.58. The number of hydrogen-bond acceptors (Lipinski definition) is 2. The minimum atomic E-state index is 0.484. The summed E-state index contributed by atoms with van der Waals surface area (Å²) in [6.45, 7) is 6.47. The summed E-state index contributed by atoms with van der Waals surface area (Å²) in [5.41, 5.74) is 3.21. The molecule has 0 amide bonds. The summed E-state index contributed by atoms with van der Waals surface area (Å²) in [6, 6.07) is 6.22. The molecule has 0 spiro atoms. The van der Waals surface area contributed by atoms with Gasteiger partial charge in [0.2, 0.25) is 0 Å². The summed E-state index contributed by atoms with van der Waals surface area (Å²) in [5, 5.41) is 5.38. The Bertz CT molecular complexity index is 459. The van der Waals surface area contributed by atoms with Crippen molar-refractivity contribution < 1.29 is 4.52 Å². The van der Waals surface area contributed by atoms with Crippen LogP contribution < -0.4 is 0 Å². The van der Waals surface area contributed by atoms with E-state index in [0.29, 0.717) is 5.92 Å². The van der Waals surface area contributed by atoms with Gasteiger partial charge in [0.1, 0.15) is 0 Å². The third-order valence-corrected chi connectivity index (χ3v) is 2.91. The highest BCUT2D eigenvalue weighted by atomic mass is 16.5. The van der Waals surface area contributed by atoms with Gasteiger partial charge < -0.3 is 4.52 Å². The molecule has 0 bridgehead atoms. The number of rotatable bonds is 3. The van der Waals surface area contributed by atoms with Crippen LogP contribution in [0.15, 0.2) is 22.7 Å². The van der Waals surface area contributed by atoms with E-state index in [9.17, 15) is 0 Å². The summed E-state index contributed by atoms with van der Waals surface area (Å²) in [4.78, 5) is 0. The highest BCUT2D eigenvalue weighted by molar-refractivity contribution is 5.82. The topological polar surface area (TPSA) is 26.0 Å². The fourth-order valence-corrected chi connectivity index (χ4v) is 2.04. The first-order valence-electron chi connectivity index (χ1n) is 5.59. The molecule has 0 aliphatic carbocycles. The highest BCUT2D eigenvalue weighted by Crippen LogP contribution is 2.29. The van der Waals surface area contributed by atoms with Gasteiger partial charge in [-0.1, -0.05) is 37.6 Å². The average molecular weight is 203 g/mol. The normalized spacial score (nSPS) is 13.3. The molecule has 2 aromatic rings. The first-order valence-corrected chi connectivity index (χ1v) is 5.59. The summed E-state index contributed by atoms with van der Waals surface area (Å²) in [6.07, 6.45) is 2.34. The number of benzene rings is 1. The van der Waals surface area contributed by atoms with Crippen LogP contribution in [0.3, 0.4) is 0 Å². The van der Waals surface area contributed by atoms with Crippen molar-refractivity contribution >= 4 is 11.0 Å². The van der Waals surface area contributed by atoms with E-state index in [2.05, 4.69) is 44.1 Å². The van der Waals surface area contributed by atoms with Gasteiger partial charge in [0.05, 0.1) is 5.69 Å². The van der Waals surface area contributed by atoms with Gasteiger partial charge in [0, 0.05) is 11.3 Å². The SMILES string of the molecule is CCCC(C)c1noc2c(C)cccc12. The zero-order valence-corrected chi connectivity index (χ0v) is 9.58. The van der Waals surface area contributed by atoms with Crippen LogP contribution >= 0.6 is 0 Å². The van der Waals surface area contributed by atoms with E-state index in [0.717, 1.165) is 23.3 Å². The first-order chi connectivity index (χ1) is 7.24. The molecule has 1 heterocycles. The van der Waals surface area contributed by atoms with Gasteiger partial charge in [-0.2, -0.15) is 0 Å². The lowest BCUT2D eigenvalue weighted by Gasteiger charge is -2.05. The Hall–Kier alpha value is -1.31. The first kappa shape index (κ1) is 10.2. The average Bonchev–Trinajstić information content (AvgIpc) is 2.63. The standard InChI is InChI=1S/C13H17NO/c1-4-6-9(2)12-11-8-5-7-10(3)13(11)15-14-12/h5,7-9H,4,6H2,1-3H3. The Balaban J connectivity index is 2.49. The molecule has 0 radical (unpaired) electrons. The molecule has 0 aliphatic rings. The molecule has 80 valence electrons. The van der Waals surface area contributed by atoms with Gasteiger partial charge >= 0.3 is 0 Å². The van der Waals surface area contributed by atoms with E-state index in [1.165, 1.54) is 11.8 Å². The van der Waals surface area contributed by atoms with E-state index in [-0.39, 0.29) is 0 Å². The van der Waals surface area contributed by atoms with Crippen LogP contribution in [-0.4, -0.2) is 5.16 Å². The van der Waals surface area contributed by atoms with Crippen molar-refractivity contribution in [2.45, 2.75) is 39.5 Å². The summed E-state index contributed by atoms with van der Waals surface area (Å²) in [5.74, 6) is 0.484. The highest BCUT2D eigenvalue weighted by Gasteiger charge is 2.14. The molecule has 0 fully saturated rings. The van der Waals surface area contributed by atoms with Gasteiger partial charge in [0.25, 0.3) is 0 Å². The molecule has 0 saturated carbocycles. The van der Waals surface area contributed by atoms with Gasteiger partial charge in [0.15, 0.2) is 5.58 Å². The molecule has 0 saturated heterocycles. The smallest absolute Gasteiger partial charge is 0.170 e. The predicted octanol–water partition coefficient (Wildman–Crippen LogP) is 4.04. The second-order valence-electron chi connectivity index (χ2n) is 4.21. The molecular formula is C13H17NO. The van der Waals surface area contributed by atoms with Crippen molar-refractivity contribution in [1.82, 2.24) is 5.16 Å². The largest absolute Gasteiger partial charge is 0.356 e. The number of aromatic nitrogens is 1. The molecule has 2 heteroatoms. The van der Waals surface area contributed by atoms with E-state index in [1.54, 1.807) is 0 Å². The maximum atomic E-state index is 5.40. The van der Waals surface area contributed by atoms with Crippen LogP contribution in [0.5, 0.6) is 0 Å². The molecule has 1 unspecified atom stereocenters. The molecular weight excluding hydrogens is 186 g/mol. The van der Waals surface area contributed by atoms with Crippen LogP contribution in [0, 0.1) is 6.92 Å². The summed E-state index contributed by atoms with van der Waals surface area (Å²) >= 11 is 0. The van der Waals surface area contributed by atoms with E-state index < -0.39 is 0 Å². The number of para-hydroxylation sites is 1. The van der Waals surface area contributed by atoms with Crippen LogP contribution in [0.2, 0.25) is 0 Å². The summed E-state index contributed by atoms with van der Waals surface area (Å²) < 4.78 is 5.40. The number of fused-ring (bicyclic) bond motifs is 1. The van der Waals surface area contributed by atoms with Crippen molar-refractivity contribution in [3.8, 4) is 0 Å². The Kier molecular flexibility index (Phi) is 2.76. The molecule has 2 nitrogen and oxygen atoms in total. The van der Waals surface area contributed by atoms with Gasteiger partial charge in [-0.25, -0.2) is 0 Å². The van der Waals surface area contributed by atoms with Crippen LogP contribution in [-0.2, 0) is 0 Å². The Morgan fingerprint density at radius 3 is 2.93 bits per heavy atom. The lowest BCUT2D eigenvalue weighted by atomic mass is 9.98. The van der Waals surface area contributed by atoms with Crippen molar-refractivity contribution in [1.29, 1.82) is 0 Å². The third kappa shape index (κ3) is 1.76. The minimum Gasteiger partial charge on any atom is -0.356 e. The lowest BCUT2D eigenvalue weighted by molar-refractivity contribution is 0.434. The fourth-order valence-electron chi connectivity index (χ4n) is 2.04. The number of nitrogens with zero attached hydrogens (tertiary/aromatic N) is 1. The number of hydrogen-bond donors (Lipinski definition) is 0. The Morgan fingerprint density at radius 1 is 1.40 bits per heavy atom. The third-order valence-electron chi connectivity index (χ3n) is 2.91. The molecule has 0 N–H and O–H groups in total. The molecule has 15 heavy (non-hydrogen) atoms. The predicted molar refractivity (Wildman–Crippen MR) is 62.1 cm³/mol. The molecule has 1 aromatic heterocycles. The van der Waals surface area contributed by atoms with Crippen molar-refractivity contribution in [2.24, 2.45) is 0 Å². The zero-order chi connectivity index (χ0) is 10.8.